The van der Waals surface area contributed by atoms with Crippen molar-refractivity contribution in [1.29, 1.82) is 0 Å². The van der Waals surface area contributed by atoms with Gasteiger partial charge in [-0.15, -0.1) is 0 Å². The van der Waals surface area contributed by atoms with Gasteiger partial charge in [0.25, 0.3) is 5.91 Å². The lowest BCUT2D eigenvalue weighted by atomic mass is 10.0. The van der Waals surface area contributed by atoms with Crippen LogP contribution in [0.1, 0.15) is 29.6 Å². The zero-order valence-corrected chi connectivity index (χ0v) is 14.9. The van der Waals surface area contributed by atoms with Crippen molar-refractivity contribution in [1.82, 2.24) is 19.9 Å². The first-order chi connectivity index (χ1) is 13.3. The molecule has 1 atom stereocenters. The average molecular weight is 395 g/mol. The first-order valence-corrected chi connectivity index (χ1v) is 8.64. The van der Waals surface area contributed by atoms with E-state index in [1.54, 1.807) is 0 Å². The highest BCUT2D eigenvalue weighted by molar-refractivity contribution is 6.00. The molecule has 1 amide bonds. The van der Waals surface area contributed by atoms with E-state index >= 15 is 0 Å². The van der Waals surface area contributed by atoms with Crippen LogP contribution in [0.15, 0.2) is 42.6 Å². The Balaban J connectivity index is 1.93. The molecule has 1 fully saturated rings. The molecule has 0 spiro atoms. The van der Waals surface area contributed by atoms with Crippen molar-refractivity contribution < 1.29 is 18.0 Å². The molecule has 0 aromatic carbocycles. The van der Waals surface area contributed by atoms with Crippen LogP contribution in [0.25, 0.3) is 5.65 Å². The minimum atomic E-state index is -4.36. The monoisotopic (exact) mass is 395 g/mol. The number of hydrogen-bond acceptors (Lipinski definition) is 6. The van der Waals surface area contributed by atoms with Gasteiger partial charge in [-0.1, -0.05) is 0 Å². The van der Waals surface area contributed by atoms with Gasteiger partial charge in [0.2, 0.25) is 0 Å². The molecule has 1 aliphatic heterocycles. The van der Waals surface area contributed by atoms with Gasteiger partial charge < -0.3 is 21.7 Å². The smallest absolute Gasteiger partial charge is 0.405 e. The van der Waals surface area contributed by atoms with Crippen molar-refractivity contribution in [3.63, 3.8) is 0 Å². The van der Waals surface area contributed by atoms with Crippen LogP contribution in [0.4, 0.5) is 19.0 Å². The number of nitrogens with two attached hydrogens (primary N) is 2. The second-order valence-electron chi connectivity index (χ2n) is 6.32. The fraction of sp³-hybridized carbons (Fsp3) is 0.353. The largest absolute Gasteiger partial charge is 0.408 e. The summed E-state index contributed by atoms with van der Waals surface area (Å²) in [5.41, 5.74) is 11.1. The number of rotatable bonds is 4. The Morgan fingerprint density at radius 2 is 2.14 bits per heavy atom. The Labute approximate surface area is 158 Å². The van der Waals surface area contributed by atoms with Crippen LogP contribution < -0.4 is 21.7 Å². The van der Waals surface area contributed by atoms with Crippen LogP contribution in [0.2, 0.25) is 0 Å². The van der Waals surface area contributed by atoms with Crippen molar-refractivity contribution in [3.05, 3.63) is 48.2 Å². The van der Waals surface area contributed by atoms with Gasteiger partial charge in [-0.05, 0) is 43.7 Å². The standard InChI is InChI=1S/C17H20F3N7O/c18-17(19,20)12-4-1-2-8-26(12)14-6-9-27-15(25-14)11(10-23-27)16(28)24-13(22)5-3-7-21/h3,5-7,9-10,12H,1-2,4,8,21-22H2,(H,24,28)/b7-3-,13-5+. The number of nitrogens with one attached hydrogen (secondary N) is 1. The molecule has 0 aliphatic carbocycles. The fourth-order valence-electron chi connectivity index (χ4n) is 3.12. The molecule has 11 heteroatoms. The van der Waals surface area contributed by atoms with Gasteiger partial charge in [-0.3, -0.25) is 4.79 Å². The number of hydrogen-bond donors (Lipinski definition) is 3. The molecule has 1 aliphatic rings. The van der Waals surface area contributed by atoms with E-state index in [2.05, 4.69) is 15.4 Å². The fourth-order valence-corrected chi connectivity index (χ4v) is 3.12. The first kappa shape index (κ1) is 19.5. The molecule has 5 N–H and O–H groups in total. The zero-order valence-electron chi connectivity index (χ0n) is 14.9. The Morgan fingerprint density at radius 1 is 1.36 bits per heavy atom. The molecule has 2 aromatic heterocycles. The predicted octanol–water partition coefficient (Wildman–Crippen LogP) is 1.65. The summed E-state index contributed by atoms with van der Waals surface area (Å²) < 4.78 is 41.5. The lowest BCUT2D eigenvalue weighted by Gasteiger charge is -2.37. The van der Waals surface area contributed by atoms with Gasteiger partial charge in [0, 0.05) is 12.7 Å². The molecule has 2 aromatic rings. The van der Waals surface area contributed by atoms with E-state index in [0.29, 0.717) is 12.8 Å². The molecule has 28 heavy (non-hydrogen) atoms. The minimum absolute atomic E-state index is 0.0129. The number of piperidine rings is 1. The molecule has 0 saturated carbocycles. The number of alkyl halides is 3. The molecule has 8 nitrogen and oxygen atoms in total. The average Bonchev–Trinajstić information content (AvgIpc) is 3.09. The molecule has 150 valence electrons. The Morgan fingerprint density at radius 3 is 2.86 bits per heavy atom. The van der Waals surface area contributed by atoms with E-state index in [4.69, 9.17) is 11.5 Å². The highest BCUT2D eigenvalue weighted by Crippen LogP contribution is 2.34. The van der Waals surface area contributed by atoms with Crippen LogP contribution in [-0.2, 0) is 0 Å². The second-order valence-corrected chi connectivity index (χ2v) is 6.32. The van der Waals surface area contributed by atoms with Gasteiger partial charge in [0.05, 0.1) is 6.20 Å². The number of fused-ring (bicyclic) bond motifs is 1. The number of amides is 1. The van der Waals surface area contributed by atoms with Gasteiger partial charge >= 0.3 is 6.18 Å². The topological polar surface area (TPSA) is 115 Å². The summed E-state index contributed by atoms with van der Waals surface area (Å²) in [6.07, 6.45) is 3.65. The van der Waals surface area contributed by atoms with Gasteiger partial charge in [0.1, 0.15) is 23.2 Å². The van der Waals surface area contributed by atoms with Crippen LogP contribution in [0.5, 0.6) is 0 Å². The van der Waals surface area contributed by atoms with E-state index < -0.39 is 18.1 Å². The summed E-state index contributed by atoms with van der Waals surface area (Å²) in [5.74, 6) is -0.376. The number of nitrogens with zero attached hydrogens (tertiary/aromatic N) is 4. The third kappa shape index (κ3) is 4.02. The molecule has 0 bridgehead atoms. The lowest BCUT2D eigenvalue weighted by Crippen LogP contribution is -2.49. The molecule has 3 rings (SSSR count). The van der Waals surface area contributed by atoms with Crippen LogP contribution in [-0.4, -0.2) is 39.3 Å². The molecule has 1 saturated heterocycles. The van der Waals surface area contributed by atoms with Crippen LogP contribution in [0, 0.1) is 0 Å². The number of aromatic nitrogens is 3. The maximum absolute atomic E-state index is 13.4. The van der Waals surface area contributed by atoms with Crippen LogP contribution in [0.3, 0.4) is 0 Å². The normalized spacial score (nSPS) is 18.8. The van der Waals surface area contributed by atoms with Gasteiger partial charge in [0.15, 0.2) is 5.65 Å². The zero-order chi connectivity index (χ0) is 20.3. The Kier molecular flexibility index (Phi) is 5.43. The van der Waals surface area contributed by atoms with Gasteiger partial charge in [-0.25, -0.2) is 9.50 Å². The van der Waals surface area contributed by atoms with Crippen molar-refractivity contribution in [2.24, 2.45) is 11.5 Å². The Hall–Kier alpha value is -3.24. The second kappa shape index (κ2) is 7.79. The Bertz CT molecular complexity index is 919. The number of carbonyl (C=O) groups excluding carboxylic acids is 1. The SMILES string of the molecule is N/C=C\C=C(/N)NC(=O)c1cnn2ccc(N3CCCCC3C(F)(F)F)nc12. The maximum atomic E-state index is 13.4. The van der Waals surface area contributed by atoms with E-state index in [-0.39, 0.29) is 35.8 Å². The molecule has 0 radical (unpaired) electrons. The third-order valence-electron chi connectivity index (χ3n) is 4.42. The summed E-state index contributed by atoms with van der Waals surface area (Å²) in [5, 5.41) is 6.47. The summed E-state index contributed by atoms with van der Waals surface area (Å²) in [4.78, 5) is 17.9. The van der Waals surface area contributed by atoms with E-state index in [1.165, 1.54) is 46.2 Å². The first-order valence-electron chi connectivity index (χ1n) is 8.64. The summed E-state index contributed by atoms with van der Waals surface area (Å²) in [7, 11) is 0. The third-order valence-corrected chi connectivity index (χ3v) is 4.42. The number of allylic oxidation sites excluding steroid dienone is 2. The maximum Gasteiger partial charge on any atom is 0.408 e. The van der Waals surface area contributed by atoms with Crippen molar-refractivity contribution in [3.8, 4) is 0 Å². The van der Waals surface area contributed by atoms with E-state index in [1.807, 2.05) is 0 Å². The predicted molar refractivity (Wildman–Crippen MR) is 97.1 cm³/mol. The summed E-state index contributed by atoms with van der Waals surface area (Å²) >= 11 is 0. The van der Waals surface area contributed by atoms with Crippen molar-refractivity contribution >= 4 is 17.4 Å². The minimum Gasteiger partial charge on any atom is -0.405 e. The quantitative estimate of drug-likeness (QED) is 0.679. The molecular formula is C17H20F3N7O. The van der Waals surface area contributed by atoms with E-state index in [0.717, 1.165) is 0 Å². The number of halogens is 3. The van der Waals surface area contributed by atoms with Crippen molar-refractivity contribution in [2.45, 2.75) is 31.5 Å². The molecular weight excluding hydrogens is 375 g/mol. The number of anilines is 1. The highest BCUT2D eigenvalue weighted by Gasteiger charge is 2.45. The molecule has 3 heterocycles. The van der Waals surface area contributed by atoms with Crippen LogP contribution >= 0.6 is 0 Å². The lowest BCUT2D eigenvalue weighted by molar-refractivity contribution is -0.152. The molecule has 1 unspecified atom stereocenters. The summed E-state index contributed by atoms with van der Waals surface area (Å²) in [6, 6.07) is -0.135. The summed E-state index contributed by atoms with van der Waals surface area (Å²) in [6.45, 7) is 0.240. The van der Waals surface area contributed by atoms with E-state index in [9.17, 15) is 18.0 Å². The van der Waals surface area contributed by atoms with Gasteiger partial charge in [-0.2, -0.15) is 18.3 Å². The van der Waals surface area contributed by atoms with Crippen molar-refractivity contribution in [2.75, 3.05) is 11.4 Å². The number of carbonyl (C=O) groups is 1. The highest BCUT2D eigenvalue weighted by atomic mass is 19.4.